The summed E-state index contributed by atoms with van der Waals surface area (Å²) in [5, 5.41) is 4.83. The number of rotatable bonds is 2. The van der Waals surface area contributed by atoms with Crippen LogP contribution in [0.3, 0.4) is 0 Å². The van der Waals surface area contributed by atoms with Crippen LogP contribution in [0, 0.1) is 0 Å². The summed E-state index contributed by atoms with van der Waals surface area (Å²) in [6.07, 6.45) is 0.804. The minimum absolute atomic E-state index is 0.204. The molecule has 0 saturated carbocycles. The zero-order chi connectivity index (χ0) is 22.5. The van der Waals surface area contributed by atoms with Crippen LogP contribution in [0.1, 0.15) is 54.3 Å². The average Bonchev–Trinajstić information content (AvgIpc) is 2.89. The Morgan fingerprint density at radius 1 is 1.06 bits per heavy atom. The maximum atomic E-state index is 13.6. The Balaban J connectivity index is 1.69. The highest BCUT2D eigenvalue weighted by Crippen LogP contribution is 2.29. The minimum atomic E-state index is -1.27. The molecule has 3 aliphatic rings. The van der Waals surface area contributed by atoms with E-state index in [-0.39, 0.29) is 24.2 Å². The molecule has 10 heteroatoms. The van der Waals surface area contributed by atoms with Gasteiger partial charge in [-0.15, -0.1) is 0 Å². The highest BCUT2D eigenvalue weighted by Gasteiger charge is 2.51. The van der Waals surface area contributed by atoms with Crippen molar-refractivity contribution < 1.29 is 28.7 Å². The molecule has 4 rings (SSSR count). The van der Waals surface area contributed by atoms with Gasteiger partial charge in [0.25, 0.3) is 17.7 Å². The average molecular weight is 428 g/mol. The van der Waals surface area contributed by atoms with Gasteiger partial charge in [-0.05, 0) is 45.7 Å². The second kappa shape index (κ2) is 7.36. The summed E-state index contributed by atoms with van der Waals surface area (Å²) in [6, 6.07) is 3.44. The zero-order valence-electron chi connectivity index (χ0n) is 17.6. The number of esters is 1. The van der Waals surface area contributed by atoms with Gasteiger partial charge in [0.1, 0.15) is 11.6 Å². The number of hydrazine groups is 1. The topological polar surface area (TPSA) is 116 Å². The first-order valence-corrected chi connectivity index (χ1v) is 10.2. The number of nitrogens with one attached hydrogen (secondary N) is 1. The molecule has 1 N–H and O–H groups in total. The predicted octanol–water partition coefficient (Wildman–Crippen LogP) is 0.924. The van der Waals surface area contributed by atoms with Crippen molar-refractivity contribution in [2.24, 2.45) is 0 Å². The van der Waals surface area contributed by atoms with Crippen LogP contribution in [0.25, 0.3) is 0 Å². The van der Waals surface area contributed by atoms with Crippen LogP contribution in [0.5, 0.6) is 0 Å². The second-order valence-corrected chi connectivity index (χ2v) is 8.73. The highest BCUT2D eigenvalue weighted by atomic mass is 16.6. The molecule has 31 heavy (non-hydrogen) atoms. The third kappa shape index (κ3) is 3.51. The third-order valence-corrected chi connectivity index (χ3v) is 5.41. The lowest BCUT2D eigenvalue weighted by molar-refractivity contribution is -0.179. The molecule has 164 valence electrons. The lowest BCUT2D eigenvalue weighted by Gasteiger charge is -2.42. The molecule has 1 aromatic rings. The summed E-state index contributed by atoms with van der Waals surface area (Å²) in [6.45, 7) is 5.13. The lowest BCUT2D eigenvalue weighted by Crippen LogP contribution is -2.63. The quantitative estimate of drug-likeness (QED) is 0.553. The fourth-order valence-electron chi connectivity index (χ4n) is 4.10. The van der Waals surface area contributed by atoms with E-state index < -0.39 is 47.4 Å². The molecule has 0 spiro atoms. The summed E-state index contributed by atoms with van der Waals surface area (Å²) in [5.74, 6) is -2.52. The minimum Gasteiger partial charge on any atom is -0.458 e. The van der Waals surface area contributed by atoms with Crippen LogP contribution in [0.15, 0.2) is 24.3 Å². The van der Waals surface area contributed by atoms with E-state index in [2.05, 4.69) is 5.32 Å². The summed E-state index contributed by atoms with van der Waals surface area (Å²) >= 11 is 0. The van der Waals surface area contributed by atoms with Gasteiger partial charge in [0.15, 0.2) is 6.04 Å². The number of nitrogens with zero attached hydrogens (tertiary/aromatic N) is 3. The maximum absolute atomic E-state index is 13.6. The molecule has 3 heterocycles. The third-order valence-electron chi connectivity index (χ3n) is 5.41. The number of hydrogen-bond acceptors (Lipinski definition) is 6. The molecule has 0 aliphatic carbocycles. The van der Waals surface area contributed by atoms with Gasteiger partial charge in [-0.3, -0.25) is 19.3 Å². The lowest BCUT2D eigenvalue weighted by atomic mass is 10.1. The van der Waals surface area contributed by atoms with Crippen LogP contribution >= 0.6 is 0 Å². The Bertz CT molecular complexity index is 949. The molecule has 5 amide bonds. The molecule has 2 atom stereocenters. The molecule has 2 saturated heterocycles. The fourth-order valence-corrected chi connectivity index (χ4v) is 4.10. The van der Waals surface area contributed by atoms with E-state index in [9.17, 15) is 24.0 Å². The van der Waals surface area contributed by atoms with Gasteiger partial charge >= 0.3 is 12.0 Å². The molecule has 0 bridgehead atoms. The molecular weight excluding hydrogens is 404 g/mol. The number of hydrogen-bond donors (Lipinski definition) is 1. The van der Waals surface area contributed by atoms with Crippen molar-refractivity contribution >= 4 is 29.7 Å². The van der Waals surface area contributed by atoms with E-state index in [1.165, 1.54) is 17.1 Å². The number of imide groups is 1. The van der Waals surface area contributed by atoms with E-state index in [1.54, 1.807) is 32.9 Å². The van der Waals surface area contributed by atoms with E-state index in [1.807, 2.05) is 0 Å². The first kappa shape index (κ1) is 20.8. The van der Waals surface area contributed by atoms with Gasteiger partial charge in [-0.2, -0.15) is 0 Å². The smallest absolute Gasteiger partial charge is 0.336 e. The number of benzene rings is 1. The summed E-state index contributed by atoms with van der Waals surface area (Å²) in [5.41, 5.74) is -0.372. The van der Waals surface area contributed by atoms with Crippen molar-refractivity contribution in [1.82, 2.24) is 20.2 Å². The standard InChI is InChI=1S/C21H24N4O6/c1-21(2,3)31-19(29)14-9-6-10-23-20(30)22-11-15(18(28)25(14)23)24-16(26)12-7-4-5-8-13(12)17(24)27/h4-5,7-8,14-15H,6,9-11H2,1-3H3,(H,22,30)/t14-,15-/m0/s1. The predicted molar refractivity (Wildman–Crippen MR) is 107 cm³/mol. The second-order valence-electron chi connectivity index (χ2n) is 8.73. The first-order chi connectivity index (χ1) is 14.6. The van der Waals surface area contributed by atoms with Crippen LogP contribution in [0.2, 0.25) is 0 Å². The van der Waals surface area contributed by atoms with Crippen LogP contribution in [-0.4, -0.2) is 75.4 Å². The fraction of sp³-hybridized carbons (Fsp3) is 0.476. The SMILES string of the molecule is CC(C)(C)OC(=O)[C@@H]1CCCN2C(=O)NC[C@H](N3C(=O)c4ccccc4C3=O)C(=O)N12. The normalized spacial score (nSPS) is 23.9. The van der Waals surface area contributed by atoms with Crippen molar-refractivity contribution in [3.05, 3.63) is 35.4 Å². The molecule has 0 unspecified atom stereocenters. The van der Waals surface area contributed by atoms with Gasteiger partial charge in [0.2, 0.25) is 0 Å². The van der Waals surface area contributed by atoms with Crippen LogP contribution in [-0.2, 0) is 14.3 Å². The number of fused-ring (bicyclic) bond motifs is 2. The van der Waals surface area contributed by atoms with E-state index >= 15 is 0 Å². The number of amides is 5. The maximum Gasteiger partial charge on any atom is 0.336 e. The molecule has 3 aliphatic heterocycles. The van der Waals surface area contributed by atoms with Gasteiger partial charge in [-0.25, -0.2) is 19.6 Å². The molecule has 0 radical (unpaired) electrons. The van der Waals surface area contributed by atoms with Crippen molar-refractivity contribution in [2.75, 3.05) is 13.1 Å². The molecule has 10 nitrogen and oxygen atoms in total. The van der Waals surface area contributed by atoms with E-state index in [0.717, 1.165) is 9.91 Å². The van der Waals surface area contributed by atoms with Gasteiger partial charge in [0.05, 0.1) is 11.1 Å². The Morgan fingerprint density at radius 3 is 2.26 bits per heavy atom. The molecule has 0 aromatic heterocycles. The Hall–Kier alpha value is -3.43. The summed E-state index contributed by atoms with van der Waals surface area (Å²) < 4.78 is 5.47. The van der Waals surface area contributed by atoms with E-state index in [0.29, 0.717) is 12.8 Å². The van der Waals surface area contributed by atoms with Gasteiger partial charge < -0.3 is 10.1 Å². The Morgan fingerprint density at radius 2 is 1.68 bits per heavy atom. The van der Waals surface area contributed by atoms with Crippen molar-refractivity contribution in [3.8, 4) is 0 Å². The van der Waals surface area contributed by atoms with Gasteiger partial charge in [-0.1, -0.05) is 12.1 Å². The number of ether oxygens (including phenoxy) is 1. The van der Waals surface area contributed by atoms with E-state index in [4.69, 9.17) is 4.74 Å². The molecular formula is C21H24N4O6. The summed E-state index contributed by atoms with van der Waals surface area (Å²) in [4.78, 5) is 65.8. The van der Waals surface area contributed by atoms with Crippen LogP contribution < -0.4 is 5.32 Å². The molecule has 2 fully saturated rings. The van der Waals surface area contributed by atoms with Crippen LogP contribution in [0.4, 0.5) is 4.79 Å². The van der Waals surface area contributed by atoms with Crippen molar-refractivity contribution in [1.29, 1.82) is 0 Å². The number of urea groups is 1. The molecule has 1 aromatic carbocycles. The monoisotopic (exact) mass is 428 g/mol. The van der Waals surface area contributed by atoms with Crippen molar-refractivity contribution in [3.63, 3.8) is 0 Å². The zero-order valence-corrected chi connectivity index (χ0v) is 17.6. The first-order valence-electron chi connectivity index (χ1n) is 10.2. The Labute approximate surface area is 179 Å². The number of carbonyl (C=O) groups is 5. The number of carbonyl (C=O) groups excluding carboxylic acids is 5. The highest BCUT2D eigenvalue weighted by molar-refractivity contribution is 6.23. The summed E-state index contributed by atoms with van der Waals surface area (Å²) in [7, 11) is 0. The van der Waals surface area contributed by atoms with Crippen molar-refractivity contribution in [2.45, 2.75) is 51.3 Å². The van der Waals surface area contributed by atoms with Gasteiger partial charge in [0, 0.05) is 13.1 Å². The Kier molecular flexibility index (Phi) is 4.95. The largest absolute Gasteiger partial charge is 0.458 e.